The third-order valence-electron chi connectivity index (χ3n) is 1.76. The number of hydrogen-bond acceptors (Lipinski definition) is 4. The number of carboxylic acids is 1. The summed E-state index contributed by atoms with van der Waals surface area (Å²) in [5.41, 5.74) is 0. The molecule has 0 spiro atoms. The minimum atomic E-state index is -1.43. The molecule has 1 atom stereocenters. The van der Waals surface area contributed by atoms with Gasteiger partial charge in [0.25, 0.3) is 0 Å². The zero-order chi connectivity index (χ0) is 8.43. The van der Waals surface area contributed by atoms with Gasteiger partial charge in [-0.25, -0.2) is 0 Å². The molecule has 0 N–H and O–H groups in total. The molecule has 1 amide bonds. The summed E-state index contributed by atoms with van der Waals surface area (Å²) in [7, 11) is 0. The number of amides is 1. The van der Waals surface area contributed by atoms with E-state index in [1.807, 2.05) is 0 Å². The Morgan fingerprint density at radius 2 is 2.00 bits per heavy atom. The Labute approximate surface area is 63.2 Å². The van der Waals surface area contributed by atoms with Gasteiger partial charge in [-0.15, -0.1) is 0 Å². The van der Waals surface area contributed by atoms with E-state index in [1.165, 1.54) is 0 Å². The second kappa shape index (κ2) is 2.77. The van der Waals surface area contributed by atoms with Crippen molar-refractivity contribution >= 4 is 12.1 Å². The minimum Gasteiger partial charge on any atom is -0.548 e. The Morgan fingerprint density at radius 3 is 2.36 bits per heavy atom. The highest BCUT2D eigenvalue weighted by Crippen LogP contribution is 2.15. The number of carbonyl (C=O) groups is 2. The molecule has 1 saturated heterocycles. The van der Waals surface area contributed by atoms with Gasteiger partial charge in [0.05, 0.1) is 12.0 Å². The fourth-order valence-electron chi connectivity index (χ4n) is 1.23. The molecule has 0 aromatic carbocycles. The lowest BCUT2D eigenvalue weighted by Crippen LogP contribution is -2.51. The smallest absolute Gasteiger partial charge is 0.137 e. The Balaban J connectivity index is 2.65. The molecule has 0 aliphatic carbocycles. The summed E-state index contributed by atoms with van der Waals surface area (Å²) in [5, 5.41) is 20.5. The Kier molecular flexibility index (Phi) is 1.98. The molecule has 5 heteroatoms. The van der Waals surface area contributed by atoms with E-state index in [-0.39, 0.29) is 6.54 Å². The SMILES string of the molecule is O=C([O-])C1CCCN1C(=O)[O-]. The monoisotopic (exact) mass is 157 g/mol. The van der Waals surface area contributed by atoms with Gasteiger partial charge >= 0.3 is 0 Å². The summed E-state index contributed by atoms with van der Waals surface area (Å²) in [6.45, 7) is 0.237. The van der Waals surface area contributed by atoms with Crippen LogP contribution in [0.15, 0.2) is 0 Å². The molecule has 1 unspecified atom stereocenters. The highest BCUT2D eigenvalue weighted by molar-refractivity contribution is 5.77. The van der Waals surface area contributed by atoms with Gasteiger partial charge in [-0.3, -0.25) is 0 Å². The van der Waals surface area contributed by atoms with Gasteiger partial charge in [-0.2, -0.15) is 0 Å². The van der Waals surface area contributed by atoms with Gasteiger partial charge in [0.15, 0.2) is 0 Å². The Bertz CT molecular complexity index is 171. The first-order valence-corrected chi connectivity index (χ1v) is 3.31. The van der Waals surface area contributed by atoms with Crippen LogP contribution in [-0.2, 0) is 4.79 Å². The van der Waals surface area contributed by atoms with Crippen LogP contribution >= 0.6 is 0 Å². The summed E-state index contributed by atoms with van der Waals surface area (Å²) < 4.78 is 0. The Hall–Kier alpha value is -1.26. The van der Waals surface area contributed by atoms with Crippen LogP contribution in [0.1, 0.15) is 12.8 Å². The van der Waals surface area contributed by atoms with Crippen molar-refractivity contribution in [2.45, 2.75) is 18.9 Å². The van der Waals surface area contributed by atoms with Crippen molar-refractivity contribution in [3.05, 3.63) is 0 Å². The van der Waals surface area contributed by atoms with Gasteiger partial charge in [0, 0.05) is 6.54 Å². The summed E-state index contributed by atoms with van der Waals surface area (Å²) >= 11 is 0. The maximum absolute atomic E-state index is 10.3. The third kappa shape index (κ3) is 1.42. The molecule has 0 saturated carbocycles. The number of carbonyl (C=O) groups excluding carboxylic acids is 2. The lowest BCUT2D eigenvalue weighted by atomic mass is 10.2. The second-order valence-corrected chi connectivity index (χ2v) is 2.44. The standard InChI is InChI=1S/C6H9NO4/c8-5(9)4-2-1-3-7(4)6(10)11/h4H,1-3H2,(H,8,9)(H,10,11)/p-2. The predicted molar refractivity (Wildman–Crippen MR) is 30.1 cm³/mol. The maximum atomic E-state index is 10.3. The van der Waals surface area contributed by atoms with E-state index in [9.17, 15) is 19.8 Å². The van der Waals surface area contributed by atoms with Gasteiger partial charge in [0.2, 0.25) is 0 Å². The summed E-state index contributed by atoms with van der Waals surface area (Å²) in [5.74, 6) is -1.34. The first kappa shape index (κ1) is 7.84. The van der Waals surface area contributed by atoms with Crippen LogP contribution in [0.25, 0.3) is 0 Å². The van der Waals surface area contributed by atoms with Gasteiger partial charge in [-0.05, 0) is 12.8 Å². The van der Waals surface area contributed by atoms with Crippen LogP contribution in [0, 0.1) is 0 Å². The molecular weight excluding hydrogens is 150 g/mol. The molecule has 0 aromatic heterocycles. The van der Waals surface area contributed by atoms with Crippen molar-refractivity contribution in [2.75, 3.05) is 6.54 Å². The zero-order valence-corrected chi connectivity index (χ0v) is 5.78. The van der Waals surface area contributed by atoms with Crippen molar-refractivity contribution < 1.29 is 19.8 Å². The Morgan fingerprint density at radius 1 is 1.36 bits per heavy atom. The third-order valence-corrected chi connectivity index (χ3v) is 1.76. The van der Waals surface area contributed by atoms with Gasteiger partial charge < -0.3 is 24.7 Å². The van der Waals surface area contributed by atoms with Crippen LogP contribution in [0.3, 0.4) is 0 Å². The number of aliphatic carboxylic acids is 1. The van der Waals surface area contributed by atoms with E-state index in [2.05, 4.69) is 0 Å². The lowest BCUT2D eigenvalue weighted by Gasteiger charge is -2.27. The first-order valence-electron chi connectivity index (χ1n) is 3.31. The predicted octanol–water partition coefficient (Wildman–Crippen LogP) is -2.46. The van der Waals surface area contributed by atoms with Crippen LogP contribution in [-0.4, -0.2) is 29.5 Å². The molecule has 0 radical (unpaired) electrons. The van der Waals surface area contributed by atoms with Crippen molar-refractivity contribution in [2.24, 2.45) is 0 Å². The lowest BCUT2D eigenvalue weighted by molar-refractivity contribution is -0.314. The molecule has 1 aliphatic heterocycles. The van der Waals surface area contributed by atoms with Crippen LogP contribution < -0.4 is 10.2 Å². The van der Waals surface area contributed by atoms with Crippen LogP contribution in [0.2, 0.25) is 0 Å². The van der Waals surface area contributed by atoms with E-state index in [4.69, 9.17) is 0 Å². The molecule has 1 heterocycles. The molecule has 0 aromatic rings. The minimum absolute atomic E-state index is 0.237. The van der Waals surface area contributed by atoms with E-state index in [0.717, 1.165) is 4.90 Å². The number of nitrogens with zero attached hydrogens (tertiary/aromatic N) is 1. The molecular formula is C6H7NO4-2. The van der Waals surface area contributed by atoms with Crippen molar-refractivity contribution in [1.82, 2.24) is 4.90 Å². The van der Waals surface area contributed by atoms with E-state index < -0.39 is 18.1 Å². The highest BCUT2D eigenvalue weighted by atomic mass is 16.4. The summed E-state index contributed by atoms with van der Waals surface area (Å²) in [6, 6.07) is -1.00. The van der Waals surface area contributed by atoms with E-state index in [1.54, 1.807) is 0 Å². The van der Waals surface area contributed by atoms with Crippen LogP contribution in [0.4, 0.5) is 4.79 Å². The second-order valence-electron chi connectivity index (χ2n) is 2.44. The fraction of sp³-hybridized carbons (Fsp3) is 0.667. The van der Waals surface area contributed by atoms with Crippen molar-refractivity contribution in [1.29, 1.82) is 0 Å². The molecule has 62 valence electrons. The largest absolute Gasteiger partial charge is 0.548 e. The molecule has 5 nitrogen and oxygen atoms in total. The average molecular weight is 157 g/mol. The quantitative estimate of drug-likeness (QED) is 0.422. The summed E-state index contributed by atoms with van der Waals surface area (Å²) in [4.78, 5) is 21.3. The van der Waals surface area contributed by atoms with Crippen molar-refractivity contribution in [3.8, 4) is 0 Å². The van der Waals surface area contributed by atoms with Gasteiger partial charge in [0.1, 0.15) is 6.09 Å². The van der Waals surface area contributed by atoms with Crippen LogP contribution in [0.5, 0.6) is 0 Å². The van der Waals surface area contributed by atoms with Crippen molar-refractivity contribution in [3.63, 3.8) is 0 Å². The van der Waals surface area contributed by atoms with E-state index in [0.29, 0.717) is 12.8 Å². The highest BCUT2D eigenvalue weighted by Gasteiger charge is 2.24. The average Bonchev–Trinajstić information content (AvgIpc) is 2.32. The van der Waals surface area contributed by atoms with E-state index >= 15 is 0 Å². The number of rotatable bonds is 1. The molecule has 1 fully saturated rings. The molecule has 1 aliphatic rings. The first-order chi connectivity index (χ1) is 5.13. The number of hydrogen-bond donors (Lipinski definition) is 0. The van der Waals surface area contributed by atoms with Gasteiger partial charge in [-0.1, -0.05) is 0 Å². The zero-order valence-electron chi connectivity index (χ0n) is 5.78. The molecule has 11 heavy (non-hydrogen) atoms. The normalized spacial score (nSPS) is 23.6. The molecule has 1 rings (SSSR count). The topological polar surface area (TPSA) is 83.5 Å². The maximum Gasteiger partial charge on any atom is 0.137 e. The molecule has 0 bridgehead atoms. The fourth-order valence-corrected chi connectivity index (χ4v) is 1.23. The summed E-state index contributed by atoms with van der Waals surface area (Å²) in [6.07, 6.45) is -0.542. The number of likely N-dealkylation sites (tertiary alicyclic amines) is 1. The number of carboxylic acid groups (broad SMARTS) is 2.